The number of aliphatic hydroxyl groups excluding tert-OH is 1. The second kappa shape index (κ2) is 4.00. The third-order valence-corrected chi connectivity index (χ3v) is 1.41. The lowest BCUT2D eigenvalue weighted by Gasteiger charge is -2.06. The van der Waals surface area contributed by atoms with Gasteiger partial charge in [-0.05, 0) is 13.0 Å². The summed E-state index contributed by atoms with van der Waals surface area (Å²) in [5.74, 6) is 0. The second-order valence-corrected chi connectivity index (χ2v) is 2.26. The van der Waals surface area contributed by atoms with Crippen molar-refractivity contribution in [2.75, 3.05) is 6.54 Å². The molecule has 4 heteroatoms. The topological polar surface area (TPSA) is 72.0 Å². The minimum atomic E-state index is -0.527. The van der Waals surface area contributed by atoms with Crippen molar-refractivity contribution < 1.29 is 5.11 Å². The highest BCUT2D eigenvalue weighted by atomic mass is 16.3. The molecule has 0 saturated heterocycles. The summed E-state index contributed by atoms with van der Waals surface area (Å²) in [6, 6.07) is 0. The van der Waals surface area contributed by atoms with Gasteiger partial charge in [-0.15, -0.1) is 0 Å². The molecule has 0 aliphatic rings. The van der Waals surface area contributed by atoms with Crippen molar-refractivity contribution in [2.45, 2.75) is 12.5 Å². The van der Waals surface area contributed by atoms with E-state index in [1.54, 1.807) is 12.4 Å². The first-order valence-corrected chi connectivity index (χ1v) is 3.47. The molecule has 1 aromatic rings. The fraction of sp³-hybridized carbons (Fsp3) is 0.429. The Balaban J connectivity index is 2.61. The number of hydrogen-bond acceptors (Lipinski definition) is 4. The second-order valence-electron chi connectivity index (χ2n) is 2.26. The molecule has 1 heterocycles. The molecular weight excluding hydrogens is 142 g/mol. The van der Waals surface area contributed by atoms with Crippen LogP contribution in [0.2, 0.25) is 0 Å². The Morgan fingerprint density at radius 2 is 2.09 bits per heavy atom. The zero-order valence-corrected chi connectivity index (χ0v) is 6.14. The SMILES string of the molecule is NCC[C@H](O)c1cncnc1. The number of rotatable bonds is 3. The quantitative estimate of drug-likeness (QED) is 0.634. The van der Waals surface area contributed by atoms with Gasteiger partial charge in [-0.3, -0.25) is 0 Å². The molecule has 4 nitrogen and oxygen atoms in total. The third kappa shape index (κ3) is 2.25. The molecule has 0 aliphatic heterocycles. The zero-order valence-electron chi connectivity index (χ0n) is 6.14. The molecule has 0 saturated carbocycles. The van der Waals surface area contributed by atoms with Crippen molar-refractivity contribution >= 4 is 0 Å². The summed E-state index contributed by atoms with van der Waals surface area (Å²) < 4.78 is 0. The van der Waals surface area contributed by atoms with E-state index in [-0.39, 0.29) is 0 Å². The van der Waals surface area contributed by atoms with E-state index in [9.17, 15) is 5.11 Å². The van der Waals surface area contributed by atoms with Crippen molar-refractivity contribution in [3.63, 3.8) is 0 Å². The molecule has 0 amide bonds. The Kier molecular flexibility index (Phi) is 2.95. The fourth-order valence-corrected chi connectivity index (χ4v) is 0.807. The van der Waals surface area contributed by atoms with Gasteiger partial charge < -0.3 is 10.8 Å². The molecule has 60 valence electrons. The molecule has 1 atom stereocenters. The number of nitrogens with two attached hydrogens (primary N) is 1. The molecule has 1 rings (SSSR count). The summed E-state index contributed by atoms with van der Waals surface area (Å²) >= 11 is 0. The largest absolute Gasteiger partial charge is 0.388 e. The maximum atomic E-state index is 9.36. The summed E-state index contributed by atoms with van der Waals surface area (Å²) in [5.41, 5.74) is 5.99. The first kappa shape index (κ1) is 8.10. The van der Waals surface area contributed by atoms with Gasteiger partial charge in [0.1, 0.15) is 6.33 Å². The van der Waals surface area contributed by atoms with Gasteiger partial charge in [0.15, 0.2) is 0 Å². The van der Waals surface area contributed by atoms with Gasteiger partial charge in [0.2, 0.25) is 0 Å². The van der Waals surface area contributed by atoms with Crippen LogP contribution in [-0.4, -0.2) is 21.6 Å². The first-order chi connectivity index (χ1) is 5.34. The van der Waals surface area contributed by atoms with Gasteiger partial charge in [0.25, 0.3) is 0 Å². The zero-order chi connectivity index (χ0) is 8.10. The molecular formula is C7H11N3O. The van der Waals surface area contributed by atoms with Crippen LogP contribution in [0.25, 0.3) is 0 Å². The van der Waals surface area contributed by atoms with Gasteiger partial charge in [0.05, 0.1) is 6.10 Å². The van der Waals surface area contributed by atoms with Gasteiger partial charge >= 0.3 is 0 Å². The molecule has 0 spiro atoms. The number of nitrogens with zero attached hydrogens (tertiary/aromatic N) is 2. The van der Waals surface area contributed by atoms with Gasteiger partial charge in [-0.1, -0.05) is 0 Å². The van der Waals surface area contributed by atoms with E-state index in [1.807, 2.05) is 0 Å². The first-order valence-electron chi connectivity index (χ1n) is 3.47. The maximum Gasteiger partial charge on any atom is 0.115 e. The van der Waals surface area contributed by atoms with Crippen LogP contribution in [-0.2, 0) is 0 Å². The average Bonchev–Trinajstić information content (AvgIpc) is 2.07. The van der Waals surface area contributed by atoms with Crippen molar-refractivity contribution in [3.8, 4) is 0 Å². The normalized spacial score (nSPS) is 12.9. The van der Waals surface area contributed by atoms with E-state index in [0.717, 1.165) is 5.56 Å². The van der Waals surface area contributed by atoms with E-state index in [4.69, 9.17) is 5.73 Å². The Morgan fingerprint density at radius 3 is 2.64 bits per heavy atom. The highest BCUT2D eigenvalue weighted by molar-refractivity contribution is 5.06. The van der Waals surface area contributed by atoms with E-state index >= 15 is 0 Å². The van der Waals surface area contributed by atoms with Crippen LogP contribution in [0.5, 0.6) is 0 Å². The minimum Gasteiger partial charge on any atom is -0.388 e. The Bertz CT molecular complexity index is 202. The van der Waals surface area contributed by atoms with Gasteiger partial charge in [-0.2, -0.15) is 0 Å². The van der Waals surface area contributed by atoms with Crippen LogP contribution in [0.1, 0.15) is 18.1 Å². The lowest BCUT2D eigenvalue weighted by atomic mass is 10.1. The third-order valence-electron chi connectivity index (χ3n) is 1.41. The van der Waals surface area contributed by atoms with Crippen LogP contribution in [0, 0.1) is 0 Å². The number of aromatic nitrogens is 2. The molecule has 0 unspecified atom stereocenters. The molecule has 0 fully saturated rings. The number of hydrogen-bond donors (Lipinski definition) is 2. The van der Waals surface area contributed by atoms with E-state index in [2.05, 4.69) is 9.97 Å². The molecule has 0 radical (unpaired) electrons. The molecule has 1 aromatic heterocycles. The molecule has 0 bridgehead atoms. The summed E-state index contributed by atoms with van der Waals surface area (Å²) in [7, 11) is 0. The Morgan fingerprint density at radius 1 is 1.45 bits per heavy atom. The van der Waals surface area contributed by atoms with Gasteiger partial charge in [-0.25, -0.2) is 9.97 Å². The van der Waals surface area contributed by atoms with Crippen molar-refractivity contribution in [2.24, 2.45) is 5.73 Å². The Labute approximate surface area is 65.1 Å². The Hall–Kier alpha value is -1.00. The van der Waals surface area contributed by atoms with Crippen LogP contribution >= 0.6 is 0 Å². The van der Waals surface area contributed by atoms with E-state index < -0.39 is 6.10 Å². The van der Waals surface area contributed by atoms with Crippen molar-refractivity contribution in [1.82, 2.24) is 9.97 Å². The predicted octanol–water partition coefficient (Wildman–Crippen LogP) is -0.141. The smallest absolute Gasteiger partial charge is 0.115 e. The maximum absolute atomic E-state index is 9.36. The molecule has 3 N–H and O–H groups in total. The van der Waals surface area contributed by atoms with Crippen LogP contribution in [0.15, 0.2) is 18.7 Å². The minimum absolute atomic E-state index is 0.468. The monoisotopic (exact) mass is 153 g/mol. The van der Waals surface area contributed by atoms with Crippen molar-refractivity contribution in [3.05, 3.63) is 24.3 Å². The summed E-state index contributed by atoms with van der Waals surface area (Å²) in [6.07, 6.45) is 4.63. The molecule has 0 aromatic carbocycles. The average molecular weight is 153 g/mol. The predicted molar refractivity (Wildman–Crippen MR) is 40.7 cm³/mol. The molecule has 0 aliphatic carbocycles. The highest BCUT2D eigenvalue weighted by Gasteiger charge is 2.04. The van der Waals surface area contributed by atoms with Crippen molar-refractivity contribution in [1.29, 1.82) is 0 Å². The molecule has 11 heavy (non-hydrogen) atoms. The van der Waals surface area contributed by atoms with Crippen LogP contribution in [0.4, 0.5) is 0 Å². The summed E-state index contributed by atoms with van der Waals surface area (Å²) in [4.78, 5) is 7.55. The van der Waals surface area contributed by atoms with E-state index in [0.29, 0.717) is 13.0 Å². The standard InChI is InChI=1S/C7H11N3O/c8-2-1-7(11)6-3-9-5-10-4-6/h3-5,7,11H,1-2,8H2/t7-/m0/s1. The lowest BCUT2D eigenvalue weighted by Crippen LogP contribution is -2.06. The highest BCUT2D eigenvalue weighted by Crippen LogP contribution is 2.11. The van der Waals surface area contributed by atoms with Gasteiger partial charge in [0, 0.05) is 18.0 Å². The summed E-state index contributed by atoms with van der Waals surface area (Å²) in [6.45, 7) is 0.468. The fourth-order valence-electron chi connectivity index (χ4n) is 0.807. The van der Waals surface area contributed by atoms with Crippen LogP contribution in [0.3, 0.4) is 0 Å². The summed E-state index contributed by atoms with van der Waals surface area (Å²) in [5, 5.41) is 9.36. The lowest BCUT2D eigenvalue weighted by molar-refractivity contribution is 0.169. The van der Waals surface area contributed by atoms with E-state index in [1.165, 1.54) is 6.33 Å². The number of aliphatic hydroxyl groups is 1. The van der Waals surface area contributed by atoms with Crippen LogP contribution < -0.4 is 5.73 Å².